The number of hydrogen-bond acceptors (Lipinski definition) is 7. The molecule has 0 radical (unpaired) electrons. The lowest BCUT2D eigenvalue weighted by Crippen LogP contribution is -2.31. The lowest BCUT2D eigenvalue weighted by atomic mass is 10.1. The Hall–Kier alpha value is -4.42. The zero-order valence-electron chi connectivity index (χ0n) is 23.4. The Morgan fingerprint density at radius 1 is 1.02 bits per heavy atom. The molecule has 43 heavy (non-hydrogen) atoms. The molecule has 224 valence electrons. The molecule has 0 aliphatic heterocycles. The van der Waals surface area contributed by atoms with Gasteiger partial charge in [-0.2, -0.15) is 17.9 Å². The quantitative estimate of drug-likeness (QED) is 0.160. The summed E-state index contributed by atoms with van der Waals surface area (Å²) in [6, 6.07) is 15.7. The molecule has 0 bridgehead atoms. The fraction of sp³-hybridized carbons (Fsp3) is 0.267. The number of alkyl halides is 3. The first-order valence-corrected chi connectivity index (χ1v) is 13.7. The van der Waals surface area contributed by atoms with Gasteiger partial charge in [0.2, 0.25) is 5.88 Å². The Morgan fingerprint density at radius 2 is 1.77 bits per heavy atom. The molecule has 0 spiro atoms. The molecule has 3 aromatic heterocycles. The Labute approximate surface area is 249 Å². The third kappa shape index (κ3) is 6.50. The van der Waals surface area contributed by atoms with E-state index in [1.54, 1.807) is 32.0 Å². The van der Waals surface area contributed by atoms with Crippen molar-refractivity contribution in [3.63, 3.8) is 0 Å². The summed E-state index contributed by atoms with van der Waals surface area (Å²) >= 11 is 6.24. The van der Waals surface area contributed by atoms with Crippen molar-refractivity contribution in [2.24, 2.45) is 0 Å². The summed E-state index contributed by atoms with van der Waals surface area (Å²) in [5, 5.41) is 5.06. The molecule has 0 saturated carbocycles. The van der Waals surface area contributed by atoms with Crippen molar-refractivity contribution < 1.29 is 27.4 Å². The van der Waals surface area contributed by atoms with Crippen LogP contribution in [0.25, 0.3) is 16.5 Å². The number of aryl methyl sites for hydroxylation is 1. The average Bonchev–Trinajstić information content (AvgIpc) is 3.29. The van der Waals surface area contributed by atoms with Crippen LogP contribution < -0.4 is 15.2 Å². The third-order valence-electron chi connectivity index (χ3n) is 6.64. The molecule has 3 heterocycles. The maximum atomic E-state index is 13.6. The molecule has 0 fully saturated rings. The van der Waals surface area contributed by atoms with Crippen LogP contribution in [-0.2, 0) is 24.5 Å². The molecule has 0 saturated heterocycles. The summed E-state index contributed by atoms with van der Waals surface area (Å²) < 4.78 is 60.7. The molecule has 5 aromatic rings. The number of aromatic nitrogens is 5. The number of hydrogen-bond donors (Lipinski definition) is 0. The van der Waals surface area contributed by atoms with Crippen molar-refractivity contribution in [1.82, 2.24) is 24.3 Å². The highest BCUT2D eigenvalue weighted by Crippen LogP contribution is 2.40. The number of nitrogens with zero attached hydrogens (tertiary/aromatic N) is 5. The lowest BCUT2D eigenvalue weighted by Gasteiger charge is -2.20. The van der Waals surface area contributed by atoms with E-state index in [4.69, 9.17) is 25.8 Å². The third-order valence-corrected chi connectivity index (χ3v) is 6.91. The molecule has 0 unspecified atom stereocenters. The lowest BCUT2D eigenvalue weighted by molar-refractivity contribution is -0.189. The van der Waals surface area contributed by atoms with Crippen molar-refractivity contribution in [2.45, 2.75) is 52.8 Å². The van der Waals surface area contributed by atoms with Gasteiger partial charge in [0.25, 0.3) is 0 Å². The Balaban J connectivity index is 1.58. The summed E-state index contributed by atoms with van der Waals surface area (Å²) in [5.41, 5.74) is 1.29. The van der Waals surface area contributed by atoms with E-state index in [0.29, 0.717) is 29.9 Å². The zero-order chi connectivity index (χ0) is 30.7. The largest absolute Gasteiger partial charge is 0.480 e. The van der Waals surface area contributed by atoms with Crippen LogP contribution in [0.1, 0.15) is 30.8 Å². The molecule has 1 atom stereocenters. The molecule has 0 N–H and O–H groups in total. The van der Waals surface area contributed by atoms with Crippen LogP contribution in [-0.4, -0.2) is 36.6 Å². The van der Waals surface area contributed by atoms with Gasteiger partial charge in [-0.1, -0.05) is 41.9 Å². The Kier molecular flexibility index (Phi) is 8.69. The summed E-state index contributed by atoms with van der Waals surface area (Å²) in [7, 11) is 0. The molecule has 13 heteroatoms. The van der Waals surface area contributed by atoms with Gasteiger partial charge in [-0.3, -0.25) is 4.57 Å². The monoisotopic (exact) mass is 613 g/mol. The molecule has 0 aliphatic carbocycles. The van der Waals surface area contributed by atoms with Crippen LogP contribution in [0.2, 0.25) is 5.15 Å². The standard InChI is InChI=1S/C30H27ClF3N5O4/c1-4-38-24(17-41-16-20-8-6-5-7-9-20)37-39(29(38)40)22-14-21-11-13-36-28(43-26-18(2)10-12-35-27(26)31)25(21)23(15-22)42-19(3)30(32,33)34/h5-15,19H,4,16-17H2,1-3H3/t19-/m0/s1. The van der Waals surface area contributed by atoms with E-state index >= 15 is 0 Å². The van der Waals surface area contributed by atoms with Gasteiger partial charge in [0.15, 0.2) is 22.8 Å². The van der Waals surface area contributed by atoms with Crippen LogP contribution in [0.15, 0.2) is 71.8 Å². The molecular weight excluding hydrogens is 587 g/mol. The van der Waals surface area contributed by atoms with Gasteiger partial charge in [-0.05, 0) is 55.5 Å². The second-order valence-electron chi connectivity index (χ2n) is 9.64. The number of fused-ring (bicyclic) bond motifs is 1. The van der Waals surface area contributed by atoms with Gasteiger partial charge in [0.05, 0.1) is 17.7 Å². The van der Waals surface area contributed by atoms with Crippen LogP contribution in [0.3, 0.4) is 0 Å². The van der Waals surface area contributed by atoms with Gasteiger partial charge in [-0.25, -0.2) is 14.8 Å². The Bertz CT molecular complexity index is 1790. The highest BCUT2D eigenvalue weighted by Gasteiger charge is 2.38. The highest BCUT2D eigenvalue weighted by molar-refractivity contribution is 6.31. The summed E-state index contributed by atoms with van der Waals surface area (Å²) in [4.78, 5) is 21.7. The highest BCUT2D eigenvalue weighted by atomic mass is 35.5. The summed E-state index contributed by atoms with van der Waals surface area (Å²) in [5.74, 6) is 0.294. The predicted molar refractivity (Wildman–Crippen MR) is 154 cm³/mol. The van der Waals surface area contributed by atoms with Crippen molar-refractivity contribution in [2.75, 3.05) is 0 Å². The molecular formula is C30H27ClF3N5O4. The first-order valence-electron chi connectivity index (χ1n) is 13.3. The smallest absolute Gasteiger partial charge is 0.425 e. The van der Waals surface area contributed by atoms with Gasteiger partial charge < -0.3 is 14.2 Å². The summed E-state index contributed by atoms with van der Waals surface area (Å²) in [6.45, 7) is 5.07. The minimum absolute atomic E-state index is 0.0418. The number of benzene rings is 2. The van der Waals surface area contributed by atoms with E-state index < -0.39 is 18.0 Å². The second kappa shape index (κ2) is 12.4. The first-order chi connectivity index (χ1) is 20.6. The topological polar surface area (TPSA) is 93.3 Å². The molecule has 5 rings (SSSR count). The van der Waals surface area contributed by atoms with Gasteiger partial charge in [0, 0.05) is 25.0 Å². The van der Waals surface area contributed by atoms with E-state index in [9.17, 15) is 18.0 Å². The first kappa shape index (κ1) is 30.1. The number of rotatable bonds is 10. The van der Waals surface area contributed by atoms with Crippen LogP contribution >= 0.6 is 11.6 Å². The normalized spacial score (nSPS) is 12.4. The predicted octanol–water partition coefficient (Wildman–Crippen LogP) is 6.80. The van der Waals surface area contributed by atoms with Gasteiger partial charge in [0.1, 0.15) is 12.4 Å². The van der Waals surface area contributed by atoms with Crippen molar-refractivity contribution in [3.8, 4) is 23.1 Å². The van der Waals surface area contributed by atoms with E-state index in [-0.39, 0.29) is 40.2 Å². The van der Waals surface area contributed by atoms with E-state index in [2.05, 4.69) is 15.1 Å². The minimum atomic E-state index is -4.67. The molecule has 0 amide bonds. The van der Waals surface area contributed by atoms with Gasteiger partial charge >= 0.3 is 11.9 Å². The number of pyridine rings is 2. The maximum Gasteiger partial charge on any atom is 0.425 e. The number of halogens is 4. The van der Waals surface area contributed by atoms with Crippen LogP contribution in [0.5, 0.6) is 17.4 Å². The fourth-order valence-corrected chi connectivity index (χ4v) is 4.62. The van der Waals surface area contributed by atoms with Crippen LogP contribution in [0.4, 0.5) is 13.2 Å². The minimum Gasteiger partial charge on any atom is -0.480 e. The van der Waals surface area contributed by atoms with Gasteiger partial charge in [-0.15, -0.1) is 5.10 Å². The Morgan fingerprint density at radius 3 is 2.47 bits per heavy atom. The fourth-order valence-electron chi connectivity index (χ4n) is 4.38. The van der Waals surface area contributed by atoms with Crippen molar-refractivity contribution in [1.29, 1.82) is 0 Å². The van der Waals surface area contributed by atoms with Crippen LogP contribution in [0, 0.1) is 6.92 Å². The van der Waals surface area contributed by atoms with E-state index in [1.807, 2.05) is 30.3 Å². The van der Waals surface area contributed by atoms with Crippen molar-refractivity contribution >= 4 is 22.4 Å². The average molecular weight is 614 g/mol. The SMILES string of the molecule is CCn1c(COCc2ccccc2)nn(-c2cc(O[C@@H](C)C(F)(F)F)c3c(Oc4c(C)ccnc4Cl)nccc3c2)c1=O. The van der Waals surface area contributed by atoms with E-state index in [0.717, 1.165) is 17.2 Å². The summed E-state index contributed by atoms with van der Waals surface area (Å²) in [6.07, 6.45) is -3.93. The maximum absolute atomic E-state index is 13.6. The molecule has 2 aromatic carbocycles. The molecule has 0 aliphatic rings. The van der Waals surface area contributed by atoms with Crippen molar-refractivity contribution in [3.05, 3.63) is 99.6 Å². The number of ether oxygens (including phenoxy) is 3. The molecule has 9 nitrogen and oxygen atoms in total. The second-order valence-corrected chi connectivity index (χ2v) is 10.0. The zero-order valence-corrected chi connectivity index (χ0v) is 24.2. The van der Waals surface area contributed by atoms with E-state index in [1.165, 1.54) is 23.0 Å².